The number of carbonyl (C=O) groups excluding carboxylic acids is 2. The summed E-state index contributed by atoms with van der Waals surface area (Å²) in [5, 5.41) is 20.0. The summed E-state index contributed by atoms with van der Waals surface area (Å²) >= 11 is 7.17. The molecule has 0 bridgehead atoms. The maximum absolute atomic E-state index is 13.4. The minimum absolute atomic E-state index is 0.0446. The van der Waals surface area contributed by atoms with Gasteiger partial charge in [0.25, 0.3) is 5.91 Å². The molecule has 0 fully saturated rings. The van der Waals surface area contributed by atoms with Crippen LogP contribution >= 0.6 is 23.4 Å². The minimum atomic E-state index is -0.728. The van der Waals surface area contributed by atoms with Gasteiger partial charge in [-0.25, -0.2) is 0 Å². The number of aryl methyl sites for hydroxylation is 1. The first-order valence-electron chi connectivity index (χ1n) is 11.1. The van der Waals surface area contributed by atoms with Crippen LogP contribution in [0.4, 0.5) is 11.4 Å². The fourth-order valence-corrected chi connectivity index (χ4v) is 4.95. The number of furan rings is 1. The quantitative estimate of drug-likeness (QED) is 0.357. The van der Waals surface area contributed by atoms with Crippen LogP contribution in [0.15, 0.2) is 93.2 Å². The first-order valence-corrected chi connectivity index (χ1v) is 12.4. The number of hydrogen-bond acceptors (Lipinski definition) is 6. The molecule has 182 valence electrons. The standard InChI is InChI=1S/C27H23ClN4O3S/c1-16-7-3-4-10-21(16)32-26(34)24-17(2)30-27(20(14-29)25(24)22-11-6-12-35-22)36-15-23(33)31-19-9-5-8-18(28)13-19/h3-13,25,30H,15H2,1-2H3,(H,31,33)(H,32,34)/t25-/m1/s1. The van der Waals surface area contributed by atoms with Gasteiger partial charge in [0, 0.05) is 22.1 Å². The molecule has 0 unspecified atom stereocenters. The lowest BCUT2D eigenvalue weighted by molar-refractivity contribution is -0.114. The van der Waals surface area contributed by atoms with Crippen molar-refractivity contribution in [3.8, 4) is 6.07 Å². The molecule has 1 aliphatic rings. The second-order valence-corrected chi connectivity index (χ2v) is 9.50. The van der Waals surface area contributed by atoms with Crippen molar-refractivity contribution in [3.05, 3.63) is 105 Å². The number of rotatable bonds is 7. The zero-order valence-corrected chi connectivity index (χ0v) is 21.2. The van der Waals surface area contributed by atoms with E-state index in [4.69, 9.17) is 16.0 Å². The Morgan fingerprint density at radius 3 is 2.61 bits per heavy atom. The van der Waals surface area contributed by atoms with Gasteiger partial charge >= 0.3 is 0 Å². The number of para-hydroxylation sites is 1. The minimum Gasteiger partial charge on any atom is -0.468 e. The van der Waals surface area contributed by atoms with E-state index >= 15 is 0 Å². The van der Waals surface area contributed by atoms with Crippen LogP contribution in [0.2, 0.25) is 5.02 Å². The third kappa shape index (κ3) is 5.65. The first-order chi connectivity index (χ1) is 17.4. The third-order valence-electron chi connectivity index (χ3n) is 5.57. The second kappa shape index (κ2) is 11.2. The number of nitriles is 1. The van der Waals surface area contributed by atoms with Crippen LogP contribution in [0.25, 0.3) is 0 Å². The largest absolute Gasteiger partial charge is 0.468 e. The van der Waals surface area contributed by atoms with E-state index in [-0.39, 0.29) is 17.6 Å². The summed E-state index contributed by atoms with van der Waals surface area (Å²) < 4.78 is 5.64. The van der Waals surface area contributed by atoms with Crippen LogP contribution in [0.1, 0.15) is 24.2 Å². The molecule has 36 heavy (non-hydrogen) atoms. The number of carbonyl (C=O) groups is 2. The summed E-state index contributed by atoms with van der Waals surface area (Å²) in [4.78, 5) is 26.0. The number of anilines is 2. The predicted molar refractivity (Wildman–Crippen MR) is 142 cm³/mol. The number of halogens is 1. The summed E-state index contributed by atoms with van der Waals surface area (Å²) in [5.74, 6) is -0.819. The summed E-state index contributed by atoms with van der Waals surface area (Å²) in [5.41, 5.74) is 3.42. The van der Waals surface area contributed by atoms with Crippen molar-refractivity contribution >= 4 is 46.6 Å². The number of nitrogens with one attached hydrogen (secondary N) is 3. The van der Waals surface area contributed by atoms with Crippen LogP contribution in [0.5, 0.6) is 0 Å². The summed E-state index contributed by atoms with van der Waals surface area (Å²) in [6, 6.07) is 20.0. The molecule has 3 aromatic rings. The number of nitrogens with zero attached hydrogens (tertiary/aromatic N) is 1. The normalized spacial score (nSPS) is 15.2. The van der Waals surface area contributed by atoms with Crippen LogP contribution in [-0.2, 0) is 9.59 Å². The Balaban J connectivity index is 1.59. The van der Waals surface area contributed by atoms with E-state index in [1.54, 1.807) is 43.3 Å². The molecule has 7 nitrogen and oxygen atoms in total. The summed E-state index contributed by atoms with van der Waals surface area (Å²) in [6.45, 7) is 3.67. The van der Waals surface area contributed by atoms with Crippen molar-refractivity contribution in [2.24, 2.45) is 0 Å². The van der Waals surface area contributed by atoms with Crippen LogP contribution in [-0.4, -0.2) is 17.6 Å². The molecular formula is C27H23ClN4O3S. The van der Waals surface area contributed by atoms with Gasteiger partial charge in [-0.15, -0.1) is 0 Å². The van der Waals surface area contributed by atoms with E-state index in [0.29, 0.717) is 44.0 Å². The molecule has 0 saturated heterocycles. The monoisotopic (exact) mass is 518 g/mol. The Labute approximate surface area is 218 Å². The molecular weight excluding hydrogens is 496 g/mol. The first kappa shape index (κ1) is 25.2. The van der Waals surface area contributed by atoms with Gasteiger partial charge in [0.2, 0.25) is 5.91 Å². The van der Waals surface area contributed by atoms with Gasteiger partial charge in [-0.05, 0) is 55.8 Å². The van der Waals surface area contributed by atoms with Crippen molar-refractivity contribution < 1.29 is 14.0 Å². The Morgan fingerprint density at radius 2 is 1.92 bits per heavy atom. The molecule has 4 rings (SSSR count). The highest BCUT2D eigenvalue weighted by Crippen LogP contribution is 2.41. The maximum atomic E-state index is 13.4. The van der Waals surface area contributed by atoms with Crippen LogP contribution in [0, 0.1) is 18.3 Å². The van der Waals surface area contributed by atoms with Gasteiger partial charge < -0.3 is 20.4 Å². The van der Waals surface area contributed by atoms with Crippen LogP contribution < -0.4 is 16.0 Å². The molecule has 0 radical (unpaired) electrons. The Bertz CT molecular complexity index is 1410. The van der Waals surface area contributed by atoms with Gasteiger partial charge in [-0.2, -0.15) is 5.26 Å². The SMILES string of the molecule is CC1=C(C(=O)Nc2ccccc2C)[C@@H](c2ccco2)C(C#N)=C(SCC(=O)Nc2cccc(Cl)c2)N1. The highest BCUT2D eigenvalue weighted by atomic mass is 35.5. The molecule has 1 aliphatic heterocycles. The van der Waals surface area contributed by atoms with Crippen molar-refractivity contribution in [1.82, 2.24) is 5.32 Å². The van der Waals surface area contributed by atoms with Gasteiger partial charge in [-0.1, -0.05) is 47.6 Å². The summed E-state index contributed by atoms with van der Waals surface area (Å²) in [6.07, 6.45) is 1.50. The number of hydrogen-bond donors (Lipinski definition) is 3. The van der Waals surface area contributed by atoms with Gasteiger partial charge in [0.05, 0.1) is 40.2 Å². The van der Waals surface area contributed by atoms with E-state index in [1.165, 1.54) is 18.0 Å². The zero-order chi connectivity index (χ0) is 25.7. The second-order valence-electron chi connectivity index (χ2n) is 8.08. The topological polar surface area (TPSA) is 107 Å². The predicted octanol–water partition coefficient (Wildman–Crippen LogP) is 5.95. The Hall–Kier alpha value is -3.93. The Morgan fingerprint density at radius 1 is 1.11 bits per heavy atom. The molecule has 0 spiro atoms. The molecule has 0 aliphatic carbocycles. The average Bonchev–Trinajstić information content (AvgIpc) is 3.38. The van der Waals surface area contributed by atoms with Gasteiger partial charge in [0.15, 0.2) is 0 Å². The number of allylic oxidation sites excluding steroid dienone is 2. The fraction of sp³-hybridized carbons (Fsp3) is 0.148. The third-order valence-corrected chi connectivity index (χ3v) is 6.82. The molecule has 3 N–H and O–H groups in total. The molecule has 0 saturated carbocycles. The number of benzene rings is 2. The van der Waals surface area contributed by atoms with E-state index in [0.717, 1.165) is 5.56 Å². The van der Waals surface area contributed by atoms with Gasteiger partial charge in [0.1, 0.15) is 5.76 Å². The smallest absolute Gasteiger partial charge is 0.254 e. The lowest BCUT2D eigenvalue weighted by atomic mass is 9.85. The lowest BCUT2D eigenvalue weighted by Crippen LogP contribution is -2.31. The summed E-state index contributed by atoms with van der Waals surface area (Å²) in [7, 11) is 0. The van der Waals surface area contributed by atoms with E-state index in [2.05, 4.69) is 22.0 Å². The fourth-order valence-electron chi connectivity index (χ4n) is 3.87. The number of amides is 2. The lowest BCUT2D eigenvalue weighted by Gasteiger charge is -2.28. The van der Waals surface area contributed by atoms with E-state index in [1.807, 2.05) is 31.2 Å². The van der Waals surface area contributed by atoms with E-state index < -0.39 is 5.92 Å². The number of dihydropyridines is 1. The number of thioether (sulfide) groups is 1. The average molecular weight is 519 g/mol. The molecule has 2 heterocycles. The molecule has 9 heteroatoms. The molecule has 2 amide bonds. The molecule has 1 aromatic heterocycles. The molecule has 2 aromatic carbocycles. The van der Waals surface area contributed by atoms with Crippen molar-refractivity contribution in [1.29, 1.82) is 5.26 Å². The molecule has 1 atom stereocenters. The highest BCUT2D eigenvalue weighted by molar-refractivity contribution is 8.03. The highest BCUT2D eigenvalue weighted by Gasteiger charge is 2.36. The van der Waals surface area contributed by atoms with Crippen LogP contribution in [0.3, 0.4) is 0 Å². The van der Waals surface area contributed by atoms with Gasteiger partial charge in [-0.3, -0.25) is 9.59 Å². The van der Waals surface area contributed by atoms with Crippen molar-refractivity contribution in [2.45, 2.75) is 19.8 Å². The van der Waals surface area contributed by atoms with Crippen molar-refractivity contribution in [3.63, 3.8) is 0 Å². The van der Waals surface area contributed by atoms with Crippen molar-refractivity contribution in [2.75, 3.05) is 16.4 Å². The zero-order valence-electron chi connectivity index (χ0n) is 19.6. The maximum Gasteiger partial charge on any atom is 0.254 e. The van der Waals surface area contributed by atoms with E-state index in [9.17, 15) is 14.9 Å². The Kier molecular flexibility index (Phi) is 7.84.